The van der Waals surface area contributed by atoms with Crippen molar-refractivity contribution in [3.8, 4) is 16.9 Å². The molecular weight excluding hydrogens is 315 g/mol. The second kappa shape index (κ2) is 7.31. The largest absolute Gasteiger partial charge is 0.486 e. The van der Waals surface area contributed by atoms with E-state index in [2.05, 4.69) is 38.1 Å². The van der Waals surface area contributed by atoms with Gasteiger partial charge in [0.05, 0.1) is 0 Å². The first-order valence-electron chi connectivity index (χ1n) is 8.11. The van der Waals surface area contributed by atoms with Crippen molar-refractivity contribution in [2.24, 2.45) is 0 Å². The van der Waals surface area contributed by atoms with Gasteiger partial charge in [-0.1, -0.05) is 36.4 Å². The highest BCUT2D eigenvalue weighted by Crippen LogP contribution is 2.28. The van der Waals surface area contributed by atoms with Gasteiger partial charge in [-0.3, -0.25) is 4.79 Å². The van der Waals surface area contributed by atoms with E-state index in [0.717, 1.165) is 11.1 Å². The molecule has 0 aliphatic heterocycles. The van der Waals surface area contributed by atoms with E-state index in [0.29, 0.717) is 11.8 Å². The molecule has 0 N–H and O–H groups in total. The van der Waals surface area contributed by atoms with Crippen molar-refractivity contribution in [2.75, 3.05) is 0 Å². The van der Waals surface area contributed by atoms with Gasteiger partial charge in [-0.25, -0.2) is 4.39 Å². The average molecular weight is 334 g/mol. The number of halogens is 1. The van der Waals surface area contributed by atoms with E-state index in [4.69, 9.17) is 4.74 Å². The van der Waals surface area contributed by atoms with Gasteiger partial charge in [0.25, 0.3) is 0 Å². The van der Waals surface area contributed by atoms with Gasteiger partial charge in [-0.2, -0.15) is 0 Å². The van der Waals surface area contributed by atoms with Gasteiger partial charge >= 0.3 is 0 Å². The Morgan fingerprint density at radius 3 is 2.36 bits per heavy atom. The van der Waals surface area contributed by atoms with Crippen LogP contribution in [0, 0.1) is 19.7 Å². The Labute approximate surface area is 146 Å². The Kier molecular flexibility index (Phi) is 4.94. The molecule has 3 aromatic rings. The fourth-order valence-corrected chi connectivity index (χ4v) is 2.95. The van der Waals surface area contributed by atoms with Crippen molar-refractivity contribution in [1.29, 1.82) is 0 Å². The van der Waals surface area contributed by atoms with Crippen LogP contribution in [0.1, 0.15) is 27.0 Å². The minimum atomic E-state index is -0.532. The van der Waals surface area contributed by atoms with E-state index >= 15 is 0 Å². The summed E-state index contributed by atoms with van der Waals surface area (Å²) >= 11 is 0. The molecule has 3 rings (SSSR count). The molecule has 0 heterocycles. The lowest BCUT2D eigenvalue weighted by atomic mass is 9.95. The summed E-state index contributed by atoms with van der Waals surface area (Å²) in [5.41, 5.74) is 6.02. The van der Waals surface area contributed by atoms with Gasteiger partial charge in [0.2, 0.25) is 0 Å². The molecule has 0 fully saturated rings. The molecule has 0 saturated heterocycles. The Bertz CT molecular complexity index is 895. The molecule has 0 aromatic heterocycles. The van der Waals surface area contributed by atoms with Gasteiger partial charge < -0.3 is 4.74 Å². The van der Waals surface area contributed by atoms with Crippen LogP contribution in [0.4, 0.5) is 4.39 Å². The Morgan fingerprint density at radius 1 is 0.960 bits per heavy atom. The van der Waals surface area contributed by atoms with Gasteiger partial charge in [0.15, 0.2) is 11.6 Å². The quantitative estimate of drug-likeness (QED) is 0.576. The molecule has 0 amide bonds. The zero-order valence-electron chi connectivity index (χ0n) is 14.3. The van der Waals surface area contributed by atoms with Crippen molar-refractivity contribution >= 4 is 6.29 Å². The van der Waals surface area contributed by atoms with Gasteiger partial charge in [0.1, 0.15) is 12.9 Å². The first kappa shape index (κ1) is 16.9. The minimum absolute atomic E-state index is 0.142. The standard InChI is InChI=1S/C22H19FO2/c1-15-5-3-6-16(2)22(15)19-8-4-7-18(11-19)14-25-21-10-9-17(13-24)12-20(21)23/h3-13H,14H2,1-2H3. The fourth-order valence-electron chi connectivity index (χ4n) is 2.95. The lowest BCUT2D eigenvalue weighted by Crippen LogP contribution is -1.99. The van der Waals surface area contributed by atoms with E-state index in [1.165, 1.54) is 28.8 Å². The summed E-state index contributed by atoms with van der Waals surface area (Å²) in [7, 11) is 0. The summed E-state index contributed by atoms with van der Waals surface area (Å²) in [4.78, 5) is 10.7. The number of rotatable bonds is 5. The number of ether oxygens (including phenoxy) is 1. The highest BCUT2D eigenvalue weighted by atomic mass is 19.1. The molecule has 2 nitrogen and oxygen atoms in total. The molecular formula is C22H19FO2. The normalized spacial score (nSPS) is 10.5. The van der Waals surface area contributed by atoms with E-state index in [1.54, 1.807) is 6.07 Å². The molecule has 0 aliphatic carbocycles. The number of carbonyl (C=O) groups excluding carboxylic acids is 1. The van der Waals surface area contributed by atoms with Crippen molar-refractivity contribution in [2.45, 2.75) is 20.5 Å². The Morgan fingerprint density at radius 2 is 1.68 bits per heavy atom. The molecule has 0 radical (unpaired) electrons. The fraction of sp³-hybridized carbons (Fsp3) is 0.136. The summed E-state index contributed by atoms with van der Waals surface area (Å²) in [6.45, 7) is 4.45. The van der Waals surface area contributed by atoms with Crippen molar-refractivity contribution < 1.29 is 13.9 Å². The van der Waals surface area contributed by atoms with E-state index in [1.807, 2.05) is 18.2 Å². The molecule has 0 aliphatic rings. The predicted octanol–water partition coefficient (Wildman–Crippen LogP) is 5.50. The van der Waals surface area contributed by atoms with Crippen molar-refractivity contribution in [1.82, 2.24) is 0 Å². The number of hydrogen-bond donors (Lipinski definition) is 0. The summed E-state index contributed by atoms with van der Waals surface area (Å²) in [5.74, 6) is -0.390. The lowest BCUT2D eigenvalue weighted by Gasteiger charge is -2.12. The zero-order chi connectivity index (χ0) is 17.8. The molecule has 0 atom stereocenters. The monoisotopic (exact) mass is 334 g/mol. The smallest absolute Gasteiger partial charge is 0.165 e. The van der Waals surface area contributed by atoms with Crippen LogP contribution in [-0.2, 0) is 6.61 Å². The number of hydrogen-bond acceptors (Lipinski definition) is 2. The molecule has 3 heteroatoms. The molecule has 25 heavy (non-hydrogen) atoms. The average Bonchev–Trinajstić information content (AvgIpc) is 2.61. The maximum atomic E-state index is 13.9. The lowest BCUT2D eigenvalue weighted by molar-refractivity contribution is 0.112. The van der Waals surface area contributed by atoms with E-state index in [9.17, 15) is 9.18 Å². The van der Waals surface area contributed by atoms with Crippen molar-refractivity contribution in [3.63, 3.8) is 0 Å². The van der Waals surface area contributed by atoms with Crippen LogP contribution in [0.2, 0.25) is 0 Å². The summed E-state index contributed by atoms with van der Waals surface area (Å²) in [6.07, 6.45) is 0.612. The van der Waals surface area contributed by atoms with Gasteiger partial charge in [-0.05, 0) is 65.9 Å². The predicted molar refractivity (Wildman–Crippen MR) is 97.5 cm³/mol. The topological polar surface area (TPSA) is 26.3 Å². The van der Waals surface area contributed by atoms with Crippen molar-refractivity contribution in [3.05, 3.63) is 88.7 Å². The van der Waals surface area contributed by atoms with Crippen LogP contribution in [0.3, 0.4) is 0 Å². The third-order valence-electron chi connectivity index (χ3n) is 4.18. The Balaban J connectivity index is 1.82. The Hall–Kier alpha value is -2.94. The van der Waals surface area contributed by atoms with Crippen LogP contribution in [0.25, 0.3) is 11.1 Å². The second-order valence-corrected chi connectivity index (χ2v) is 6.06. The molecule has 126 valence electrons. The van der Waals surface area contributed by atoms with Crippen LogP contribution >= 0.6 is 0 Å². The van der Waals surface area contributed by atoms with Crippen LogP contribution in [0.5, 0.6) is 5.75 Å². The summed E-state index contributed by atoms with van der Waals surface area (Å²) in [6, 6.07) is 18.5. The first-order valence-corrected chi connectivity index (χ1v) is 8.11. The molecule has 0 unspecified atom stereocenters. The number of benzene rings is 3. The highest BCUT2D eigenvalue weighted by Gasteiger charge is 2.08. The molecule has 3 aromatic carbocycles. The highest BCUT2D eigenvalue weighted by molar-refractivity contribution is 5.75. The van der Waals surface area contributed by atoms with Gasteiger partial charge in [0, 0.05) is 5.56 Å². The maximum Gasteiger partial charge on any atom is 0.165 e. The van der Waals surface area contributed by atoms with Gasteiger partial charge in [-0.15, -0.1) is 0 Å². The SMILES string of the molecule is Cc1cccc(C)c1-c1cccc(COc2ccc(C=O)cc2F)c1. The summed E-state index contributed by atoms with van der Waals surface area (Å²) in [5, 5.41) is 0. The van der Waals surface area contributed by atoms with E-state index in [-0.39, 0.29) is 12.4 Å². The molecule has 0 saturated carbocycles. The third-order valence-corrected chi connectivity index (χ3v) is 4.18. The first-order chi connectivity index (χ1) is 12.1. The number of aldehydes is 1. The third kappa shape index (κ3) is 3.77. The second-order valence-electron chi connectivity index (χ2n) is 6.06. The van der Waals surface area contributed by atoms with E-state index < -0.39 is 5.82 Å². The molecule has 0 spiro atoms. The van der Waals surface area contributed by atoms with Crippen LogP contribution < -0.4 is 4.74 Å². The maximum absolute atomic E-state index is 13.9. The number of aryl methyl sites for hydroxylation is 2. The minimum Gasteiger partial charge on any atom is -0.486 e. The van der Waals surface area contributed by atoms with Crippen LogP contribution in [-0.4, -0.2) is 6.29 Å². The number of carbonyl (C=O) groups is 1. The molecule has 0 bridgehead atoms. The summed E-state index contributed by atoms with van der Waals surface area (Å²) < 4.78 is 19.5. The van der Waals surface area contributed by atoms with Crippen LogP contribution in [0.15, 0.2) is 60.7 Å². The zero-order valence-corrected chi connectivity index (χ0v) is 14.3.